The molecule has 0 atom stereocenters. The number of hydrogen-bond donors (Lipinski definition) is 5. The van der Waals surface area contributed by atoms with E-state index in [1.165, 1.54) is 0 Å². The van der Waals surface area contributed by atoms with Crippen molar-refractivity contribution in [2.45, 2.75) is 6.29 Å². The Kier molecular flexibility index (Phi) is 6.10. The summed E-state index contributed by atoms with van der Waals surface area (Å²) in [5.41, 5.74) is 0. The molecule has 0 unspecified atom stereocenters. The first-order valence-electron chi connectivity index (χ1n) is 3.88. The van der Waals surface area contributed by atoms with Crippen LogP contribution in [0, 0.1) is 0 Å². The van der Waals surface area contributed by atoms with Crippen molar-refractivity contribution in [2.75, 3.05) is 25.5 Å². The molecular weight excluding hydrogens is 215 g/mol. The molecule has 14 heavy (non-hydrogen) atoms. The second-order valence-electron chi connectivity index (χ2n) is 2.96. The van der Waals surface area contributed by atoms with E-state index < -0.39 is 38.9 Å². The number of carboxylic acids is 1. The Hall–Kier alpha value is -0.300. The van der Waals surface area contributed by atoms with Crippen LogP contribution < -0.4 is 0 Å². The Balaban J connectivity index is 4.24. The van der Waals surface area contributed by atoms with E-state index in [0.29, 0.717) is 0 Å². The third-order valence-corrected chi connectivity index (χ3v) is 4.33. The predicted molar refractivity (Wildman–Crippen MR) is 49.2 cm³/mol. The molecule has 0 fully saturated rings. The van der Waals surface area contributed by atoms with Crippen LogP contribution in [0.5, 0.6) is 0 Å². The molecule has 0 aromatic carbocycles. The first kappa shape index (κ1) is 13.7. The van der Waals surface area contributed by atoms with E-state index in [-0.39, 0.29) is 6.35 Å². The molecule has 0 saturated heterocycles. The summed E-state index contributed by atoms with van der Waals surface area (Å²) in [6.07, 6.45) is -3.08. The molecule has 0 aliphatic carbocycles. The van der Waals surface area contributed by atoms with Gasteiger partial charge >= 0.3 is 80.1 Å². The molecule has 0 aliphatic heterocycles. The Morgan fingerprint density at radius 3 is 2.36 bits per heavy atom. The van der Waals surface area contributed by atoms with E-state index >= 15 is 0 Å². The molecule has 0 saturated carbocycles. The van der Waals surface area contributed by atoms with E-state index in [1.54, 1.807) is 0 Å². The van der Waals surface area contributed by atoms with Gasteiger partial charge in [-0.25, -0.2) is 0 Å². The molecule has 0 aliphatic rings. The van der Waals surface area contributed by atoms with E-state index in [1.807, 2.05) is 0 Å². The topological polar surface area (TPSA) is 127 Å². The average Bonchev–Trinajstić information content (AvgIpc) is 1.97. The van der Waals surface area contributed by atoms with Crippen molar-refractivity contribution in [3.8, 4) is 0 Å². The van der Waals surface area contributed by atoms with Crippen molar-refractivity contribution in [1.29, 1.82) is 0 Å². The summed E-state index contributed by atoms with van der Waals surface area (Å²) in [7, 11) is -3.38. The molecule has 86 valence electrons. The molecule has 0 aromatic rings. The first-order chi connectivity index (χ1) is 6.39. The third kappa shape index (κ3) is 6.20. The Morgan fingerprint density at radius 2 is 2.00 bits per heavy atom. The van der Waals surface area contributed by atoms with E-state index in [4.69, 9.17) is 20.4 Å². The summed E-state index contributed by atoms with van der Waals surface area (Å²) in [4.78, 5) is 20.0. The number of aliphatic hydroxyl groups excluding tert-OH is 2. The molecule has 0 amide bonds. The summed E-state index contributed by atoms with van der Waals surface area (Å²) >= 11 is 0. The maximum absolute atomic E-state index is 10.4. The summed E-state index contributed by atoms with van der Waals surface area (Å²) in [5, 5.41) is 34.0. The van der Waals surface area contributed by atoms with Gasteiger partial charge in [0.1, 0.15) is 0 Å². The van der Waals surface area contributed by atoms with Gasteiger partial charge in [-0.15, -0.1) is 0 Å². The van der Waals surface area contributed by atoms with Crippen LogP contribution in [0.2, 0.25) is 0 Å². The summed E-state index contributed by atoms with van der Waals surface area (Å²) in [5.74, 6) is -1.23. The monoisotopic (exact) mass is 230 g/mol. The normalized spacial score (nSPS) is 13.2. The van der Waals surface area contributed by atoms with Crippen molar-refractivity contribution >= 4 is 13.5 Å². The molecule has 0 rings (SSSR count). The van der Waals surface area contributed by atoms with Crippen molar-refractivity contribution < 1.29 is 34.9 Å². The van der Waals surface area contributed by atoms with Crippen molar-refractivity contribution in [1.82, 2.24) is 0 Å². The quantitative estimate of drug-likeness (QED) is 0.252. The molecular formula is C6H15O7P. The van der Waals surface area contributed by atoms with E-state index in [9.17, 15) is 9.69 Å². The first-order valence-corrected chi connectivity index (χ1v) is 6.45. The van der Waals surface area contributed by atoms with Gasteiger partial charge in [0.25, 0.3) is 0 Å². The van der Waals surface area contributed by atoms with Gasteiger partial charge in [0.15, 0.2) is 0 Å². The maximum atomic E-state index is 10.4. The molecule has 0 aromatic heterocycles. The average molecular weight is 230 g/mol. The molecule has 7 nitrogen and oxygen atoms in total. The van der Waals surface area contributed by atoms with Crippen LogP contribution in [0.4, 0.5) is 0 Å². The van der Waals surface area contributed by atoms with Gasteiger partial charge in [0.2, 0.25) is 0 Å². The Labute approximate surface area is 81.0 Å². The number of aliphatic hydroxyl groups is 3. The van der Waals surface area contributed by atoms with Gasteiger partial charge in [-0.05, 0) is 0 Å². The Bertz CT molecular complexity index is 185. The Morgan fingerprint density at radius 1 is 1.43 bits per heavy atom. The zero-order chi connectivity index (χ0) is 11.2. The third-order valence-electron chi connectivity index (χ3n) is 1.50. The second kappa shape index (κ2) is 6.23. The summed E-state index contributed by atoms with van der Waals surface area (Å²) in [6, 6.07) is 0. The van der Waals surface area contributed by atoms with Gasteiger partial charge in [-0.3, -0.25) is 0 Å². The fourth-order valence-corrected chi connectivity index (χ4v) is 3.12. The van der Waals surface area contributed by atoms with Crippen LogP contribution in [-0.2, 0) is 9.53 Å². The van der Waals surface area contributed by atoms with Crippen LogP contribution in [0.25, 0.3) is 0 Å². The van der Waals surface area contributed by atoms with Gasteiger partial charge < -0.3 is 0 Å². The standard InChI is InChI=1S/C6H15O7P/c7-3-13-4-14(12,1-5(8)9)2-6(10)11/h5,7-9,12,14H,1-4H2,(H,10,11). The van der Waals surface area contributed by atoms with Crippen molar-refractivity contribution in [3.63, 3.8) is 0 Å². The number of rotatable bonds is 7. The zero-order valence-corrected chi connectivity index (χ0v) is 8.46. The fraction of sp³-hybridized carbons (Fsp3) is 0.833. The molecule has 0 bridgehead atoms. The van der Waals surface area contributed by atoms with Crippen LogP contribution in [0.3, 0.4) is 0 Å². The van der Waals surface area contributed by atoms with Crippen molar-refractivity contribution in [2.24, 2.45) is 0 Å². The second-order valence-corrected chi connectivity index (χ2v) is 6.46. The molecule has 0 heterocycles. The van der Waals surface area contributed by atoms with Gasteiger partial charge in [0, 0.05) is 0 Å². The van der Waals surface area contributed by atoms with E-state index in [0.717, 1.165) is 0 Å². The minimum absolute atomic E-state index is 0.340. The molecule has 0 spiro atoms. The van der Waals surface area contributed by atoms with Crippen molar-refractivity contribution in [3.05, 3.63) is 0 Å². The number of aliphatic carboxylic acids is 1. The predicted octanol–water partition coefficient (Wildman–Crippen LogP) is -2.04. The molecule has 0 radical (unpaired) electrons. The fourth-order valence-electron chi connectivity index (χ4n) is 1.04. The van der Waals surface area contributed by atoms with Crippen LogP contribution in [0.15, 0.2) is 0 Å². The number of carbonyl (C=O) groups is 1. The zero-order valence-electron chi connectivity index (χ0n) is 7.46. The van der Waals surface area contributed by atoms with E-state index in [2.05, 4.69) is 4.74 Å². The number of carboxylic acid groups (broad SMARTS) is 1. The molecule has 5 N–H and O–H groups in total. The van der Waals surface area contributed by atoms with Gasteiger partial charge in [0.05, 0.1) is 0 Å². The SMILES string of the molecule is O=C(O)C[PH](O)(COCO)CC(O)O. The number of ether oxygens (including phenoxy) is 1. The van der Waals surface area contributed by atoms with Gasteiger partial charge in [-0.2, -0.15) is 0 Å². The van der Waals surface area contributed by atoms with Crippen LogP contribution in [-0.4, -0.2) is 63.0 Å². The summed E-state index contributed by atoms with van der Waals surface area (Å²) in [6.45, 7) is -0.642. The van der Waals surface area contributed by atoms with Crippen LogP contribution >= 0.6 is 7.49 Å². The number of hydrogen-bond acceptors (Lipinski definition) is 6. The summed E-state index contributed by atoms with van der Waals surface area (Å²) < 4.78 is 4.48. The minimum atomic E-state index is -3.38. The van der Waals surface area contributed by atoms with Crippen LogP contribution in [0.1, 0.15) is 0 Å². The van der Waals surface area contributed by atoms with Gasteiger partial charge in [-0.1, -0.05) is 0 Å². The molecule has 8 heteroatoms.